The Hall–Kier alpha value is -2.37. The van der Waals surface area contributed by atoms with Gasteiger partial charge < -0.3 is 15.1 Å². The molecule has 23 heavy (non-hydrogen) atoms. The molecular weight excluding hydrogens is 294 g/mol. The summed E-state index contributed by atoms with van der Waals surface area (Å²) < 4.78 is 0. The molecule has 3 amide bonds. The molecule has 1 aromatic carbocycles. The van der Waals surface area contributed by atoms with E-state index < -0.39 is 0 Å². The first-order valence-electron chi connectivity index (χ1n) is 7.91. The summed E-state index contributed by atoms with van der Waals surface area (Å²) in [5.41, 5.74) is 0.632. The lowest BCUT2D eigenvalue weighted by Crippen LogP contribution is -2.65. The highest BCUT2D eigenvalue weighted by Crippen LogP contribution is 2.43. The number of likely N-dealkylation sites (tertiary alicyclic amines) is 1. The molecule has 2 heterocycles. The van der Waals surface area contributed by atoms with E-state index in [0.717, 1.165) is 12.2 Å². The molecule has 0 aliphatic carbocycles. The van der Waals surface area contributed by atoms with Gasteiger partial charge in [-0.15, -0.1) is 0 Å². The summed E-state index contributed by atoms with van der Waals surface area (Å²) in [6.07, 6.45) is 1.39. The second-order valence-electron chi connectivity index (χ2n) is 6.30. The van der Waals surface area contributed by atoms with Crippen LogP contribution in [0.15, 0.2) is 30.3 Å². The lowest BCUT2D eigenvalue weighted by molar-refractivity contribution is -0.144. The molecule has 6 nitrogen and oxygen atoms in total. The largest absolute Gasteiger partial charge is 0.347 e. The molecule has 3 rings (SSSR count). The van der Waals surface area contributed by atoms with Crippen LogP contribution in [0.5, 0.6) is 0 Å². The number of nitrogens with zero attached hydrogens (tertiary/aromatic N) is 2. The smallest absolute Gasteiger partial charge is 0.241 e. The van der Waals surface area contributed by atoms with Crippen molar-refractivity contribution in [2.75, 3.05) is 31.1 Å². The number of nitrogens with one attached hydrogen (secondary N) is 1. The number of hydrogen-bond acceptors (Lipinski definition) is 3. The molecule has 6 heteroatoms. The molecule has 1 spiro atoms. The van der Waals surface area contributed by atoms with Gasteiger partial charge in [-0.3, -0.25) is 14.4 Å². The van der Waals surface area contributed by atoms with Crippen LogP contribution in [0.1, 0.15) is 19.8 Å². The second kappa shape index (κ2) is 6.02. The van der Waals surface area contributed by atoms with Crippen molar-refractivity contribution in [3.8, 4) is 0 Å². The van der Waals surface area contributed by atoms with Crippen molar-refractivity contribution in [1.82, 2.24) is 10.2 Å². The number of carbonyl (C=O) groups is 3. The SMILES string of the molecule is CC(=O)NCC(=O)N1CCC2(CC1)CN(c1ccccc1)C2=O. The van der Waals surface area contributed by atoms with Crippen LogP contribution in [-0.4, -0.2) is 48.8 Å². The first-order valence-corrected chi connectivity index (χ1v) is 7.91. The molecule has 0 unspecified atom stereocenters. The van der Waals surface area contributed by atoms with E-state index in [9.17, 15) is 14.4 Å². The third kappa shape index (κ3) is 2.93. The number of amides is 3. The fourth-order valence-corrected chi connectivity index (χ4v) is 3.32. The Bertz CT molecular complexity index is 621. The van der Waals surface area contributed by atoms with Crippen molar-refractivity contribution in [3.63, 3.8) is 0 Å². The quantitative estimate of drug-likeness (QED) is 0.838. The van der Waals surface area contributed by atoms with Crippen molar-refractivity contribution in [2.24, 2.45) is 5.41 Å². The lowest BCUT2D eigenvalue weighted by atomic mass is 9.71. The highest BCUT2D eigenvalue weighted by atomic mass is 16.2. The minimum Gasteiger partial charge on any atom is -0.347 e. The van der Waals surface area contributed by atoms with Crippen LogP contribution >= 0.6 is 0 Å². The van der Waals surface area contributed by atoms with E-state index in [-0.39, 0.29) is 29.7 Å². The number of rotatable bonds is 3. The van der Waals surface area contributed by atoms with Gasteiger partial charge in [0.25, 0.3) is 0 Å². The van der Waals surface area contributed by atoms with Gasteiger partial charge in [-0.2, -0.15) is 0 Å². The third-order valence-electron chi connectivity index (χ3n) is 4.79. The topological polar surface area (TPSA) is 69.7 Å². The maximum Gasteiger partial charge on any atom is 0.241 e. The predicted molar refractivity (Wildman–Crippen MR) is 85.7 cm³/mol. The Balaban J connectivity index is 1.55. The van der Waals surface area contributed by atoms with Crippen LogP contribution in [0.2, 0.25) is 0 Å². The summed E-state index contributed by atoms with van der Waals surface area (Å²) in [5, 5.41) is 2.52. The minimum absolute atomic E-state index is 0.0341. The van der Waals surface area contributed by atoms with Crippen LogP contribution in [0.3, 0.4) is 0 Å². The number of carbonyl (C=O) groups excluding carboxylic acids is 3. The predicted octanol–water partition coefficient (Wildman–Crippen LogP) is 0.778. The number of para-hydroxylation sites is 1. The van der Waals surface area contributed by atoms with Crippen LogP contribution in [0.25, 0.3) is 0 Å². The first-order chi connectivity index (χ1) is 11.0. The Morgan fingerprint density at radius 3 is 2.39 bits per heavy atom. The van der Waals surface area contributed by atoms with E-state index >= 15 is 0 Å². The number of piperidine rings is 1. The number of benzene rings is 1. The van der Waals surface area contributed by atoms with E-state index in [0.29, 0.717) is 25.9 Å². The van der Waals surface area contributed by atoms with Gasteiger partial charge in [0.2, 0.25) is 17.7 Å². The third-order valence-corrected chi connectivity index (χ3v) is 4.79. The summed E-state index contributed by atoms with van der Waals surface area (Å²) >= 11 is 0. The van der Waals surface area contributed by atoms with E-state index in [1.165, 1.54) is 6.92 Å². The zero-order valence-corrected chi connectivity index (χ0v) is 13.2. The molecule has 2 saturated heterocycles. The molecule has 2 fully saturated rings. The highest BCUT2D eigenvalue weighted by Gasteiger charge is 2.53. The minimum atomic E-state index is -0.305. The molecule has 1 N–H and O–H groups in total. The molecule has 0 aromatic heterocycles. The normalized spacial score (nSPS) is 19.4. The average molecular weight is 315 g/mol. The Morgan fingerprint density at radius 2 is 1.83 bits per heavy atom. The molecule has 0 radical (unpaired) electrons. The molecule has 122 valence electrons. The molecule has 1 aromatic rings. The van der Waals surface area contributed by atoms with Crippen molar-refractivity contribution in [1.29, 1.82) is 0 Å². The number of anilines is 1. The van der Waals surface area contributed by atoms with Gasteiger partial charge >= 0.3 is 0 Å². The monoisotopic (exact) mass is 315 g/mol. The molecule has 2 aliphatic heterocycles. The zero-order chi connectivity index (χ0) is 16.4. The van der Waals surface area contributed by atoms with Crippen LogP contribution in [0, 0.1) is 5.41 Å². The maximum atomic E-state index is 12.6. The second-order valence-corrected chi connectivity index (χ2v) is 6.30. The van der Waals surface area contributed by atoms with Gasteiger partial charge in [-0.1, -0.05) is 18.2 Å². The summed E-state index contributed by atoms with van der Waals surface area (Å²) in [6.45, 7) is 3.30. The summed E-state index contributed by atoms with van der Waals surface area (Å²) in [4.78, 5) is 39.0. The fourth-order valence-electron chi connectivity index (χ4n) is 3.32. The average Bonchev–Trinajstić information content (AvgIpc) is 2.58. The fraction of sp³-hybridized carbons (Fsp3) is 0.471. The Morgan fingerprint density at radius 1 is 1.17 bits per heavy atom. The standard InChI is InChI=1S/C17H21N3O3/c1-13(21)18-11-15(22)19-9-7-17(8-10-19)12-20(16(17)23)14-5-3-2-4-6-14/h2-6H,7-12H2,1H3,(H,18,21). The van der Waals surface area contributed by atoms with Crippen molar-refractivity contribution in [3.05, 3.63) is 30.3 Å². The summed E-state index contributed by atoms with van der Waals surface area (Å²) in [5.74, 6) is -0.126. The van der Waals surface area contributed by atoms with E-state index in [1.807, 2.05) is 35.2 Å². The Labute approximate surface area is 135 Å². The molecule has 0 bridgehead atoms. The highest BCUT2D eigenvalue weighted by molar-refractivity contribution is 6.04. The van der Waals surface area contributed by atoms with Gasteiger partial charge in [0.1, 0.15) is 0 Å². The molecular formula is C17H21N3O3. The maximum absolute atomic E-state index is 12.6. The van der Waals surface area contributed by atoms with Gasteiger partial charge in [-0.05, 0) is 25.0 Å². The van der Waals surface area contributed by atoms with Gasteiger partial charge in [0, 0.05) is 32.2 Å². The van der Waals surface area contributed by atoms with Gasteiger partial charge in [0.05, 0.1) is 12.0 Å². The molecule has 0 atom stereocenters. The van der Waals surface area contributed by atoms with Crippen LogP contribution < -0.4 is 10.2 Å². The number of hydrogen-bond donors (Lipinski definition) is 1. The zero-order valence-electron chi connectivity index (χ0n) is 13.2. The van der Waals surface area contributed by atoms with E-state index in [2.05, 4.69) is 5.32 Å². The van der Waals surface area contributed by atoms with Crippen molar-refractivity contribution >= 4 is 23.4 Å². The molecule has 0 saturated carbocycles. The lowest BCUT2D eigenvalue weighted by Gasteiger charge is -2.52. The molecule has 2 aliphatic rings. The van der Waals surface area contributed by atoms with Gasteiger partial charge in [-0.25, -0.2) is 0 Å². The van der Waals surface area contributed by atoms with Crippen LogP contribution in [0.4, 0.5) is 5.69 Å². The first kappa shape index (κ1) is 15.5. The van der Waals surface area contributed by atoms with Crippen LogP contribution in [-0.2, 0) is 14.4 Å². The Kier molecular flexibility index (Phi) is 4.07. The van der Waals surface area contributed by atoms with Crippen molar-refractivity contribution < 1.29 is 14.4 Å². The summed E-state index contributed by atoms with van der Waals surface area (Å²) in [6, 6.07) is 9.67. The van der Waals surface area contributed by atoms with Crippen molar-refractivity contribution in [2.45, 2.75) is 19.8 Å². The summed E-state index contributed by atoms with van der Waals surface area (Å²) in [7, 11) is 0. The number of β-lactam (4-membered cyclic amide) rings is 1. The van der Waals surface area contributed by atoms with Gasteiger partial charge in [0.15, 0.2) is 0 Å². The van der Waals surface area contributed by atoms with E-state index in [1.54, 1.807) is 4.90 Å². The van der Waals surface area contributed by atoms with E-state index in [4.69, 9.17) is 0 Å².